The number of fused-ring (bicyclic) bond motifs is 1. The van der Waals surface area contributed by atoms with E-state index in [-0.39, 0.29) is 18.8 Å². The maximum atomic E-state index is 10.1. The number of halogens is 1. The summed E-state index contributed by atoms with van der Waals surface area (Å²) in [6.07, 6.45) is 2.57. The maximum absolute atomic E-state index is 10.1. The smallest absolute Gasteiger partial charge is 0.0854 e. The summed E-state index contributed by atoms with van der Waals surface area (Å²) in [4.78, 5) is 0. The molecule has 0 aliphatic carbocycles. The summed E-state index contributed by atoms with van der Waals surface area (Å²) in [5.74, 6) is 0. The zero-order chi connectivity index (χ0) is 19.7. The number of nitrogens with zero attached hydrogens (tertiary/aromatic N) is 2. The summed E-state index contributed by atoms with van der Waals surface area (Å²) in [7, 11) is 0. The van der Waals surface area contributed by atoms with Gasteiger partial charge in [0.15, 0.2) is 0 Å². The van der Waals surface area contributed by atoms with E-state index in [0.29, 0.717) is 24.3 Å². The Hall–Kier alpha value is -1.92. The maximum Gasteiger partial charge on any atom is 0.0854 e. The molecule has 3 unspecified atom stereocenters. The molecule has 5 nitrogen and oxygen atoms in total. The highest BCUT2D eigenvalue weighted by atomic mass is 35.5. The Morgan fingerprint density at radius 2 is 2.07 bits per heavy atom. The molecule has 0 spiro atoms. The van der Waals surface area contributed by atoms with E-state index in [4.69, 9.17) is 16.3 Å². The molecule has 0 bridgehead atoms. The fraction of sp³-hybridized carbons (Fsp3) is 0.409. The minimum absolute atomic E-state index is 0.0839. The number of aromatic nitrogens is 2. The van der Waals surface area contributed by atoms with Crippen LogP contribution in [0.25, 0.3) is 10.9 Å². The van der Waals surface area contributed by atoms with Crippen LogP contribution in [0.2, 0.25) is 5.02 Å². The van der Waals surface area contributed by atoms with Gasteiger partial charge in [-0.3, -0.25) is 4.68 Å². The molecule has 4 rings (SSSR count). The van der Waals surface area contributed by atoms with Crippen LogP contribution in [0.5, 0.6) is 0 Å². The summed E-state index contributed by atoms with van der Waals surface area (Å²) in [5, 5.41) is 25.7. The normalized spacial score (nSPS) is 22.6. The van der Waals surface area contributed by atoms with Gasteiger partial charge in [-0.05, 0) is 48.2 Å². The minimum atomic E-state index is -0.465. The first-order chi connectivity index (χ1) is 13.6. The molecule has 1 aromatic heterocycles. The van der Waals surface area contributed by atoms with Crippen LogP contribution in [0.4, 0.5) is 0 Å². The lowest BCUT2D eigenvalue weighted by molar-refractivity contribution is -0.113. The van der Waals surface area contributed by atoms with E-state index in [2.05, 4.69) is 36.3 Å². The van der Waals surface area contributed by atoms with Gasteiger partial charge in [-0.1, -0.05) is 29.8 Å². The van der Waals surface area contributed by atoms with Crippen LogP contribution in [0, 0.1) is 0 Å². The van der Waals surface area contributed by atoms with Crippen molar-refractivity contribution in [3.05, 3.63) is 64.3 Å². The molecule has 0 amide bonds. The molecule has 6 heteroatoms. The molecule has 0 radical (unpaired) electrons. The summed E-state index contributed by atoms with van der Waals surface area (Å²) in [6, 6.07) is 12.3. The molecule has 0 saturated carbocycles. The van der Waals surface area contributed by atoms with Crippen LogP contribution in [0.3, 0.4) is 0 Å². The third kappa shape index (κ3) is 3.94. The standard InChI is InChI=1S/C22H25ClN2O3/c1-2-25-21-6-3-14(8-17(21)12-24-25)7-16-9-15(4-5-20(16)23)22-11-18(27)10-19(13-26)28-22/h3-6,8-9,12,18-19,22,26-27H,2,7,10-11,13H2,1H3. The van der Waals surface area contributed by atoms with Crippen molar-refractivity contribution in [3.8, 4) is 0 Å². The van der Waals surface area contributed by atoms with E-state index in [9.17, 15) is 10.2 Å². The van der Waals surface area contributed by atoms with Crippen molar-refractivity contribution in [2.45, 2.75) is 51.0 Å². The molecule has 28 heavy (non-hydrogen) atoms. The van der Waals surface area contributed by atoms with Crippen molar-refractivity contribution in [2.24, 2.45) is 0 Å². The molecular formula is C22H25ClN2O3. The highest BCUT2D eigenvalue weighted by Gasteiger charge is 2.29. The quantitative estimate of drug-likeness (QED) is 0.682. The highest BCUT2D eigenvalue weighted by molar-refractivity contribution is 6.31. The van der Waals surface area contributed by atoms with E-state index in [1.54, 1.807) is 0 Å². The number of rotatable bonds is 5. The van der Waals surface area contributed by atoms with E-state index >= 15 is 0 Å². The van der Waals surface area contributed by atoms with Gasteiger partial charge in [-0.25, -0.2) is 0 Å². The van der Waals surface area contributed by atoms with Crippen molar-refractivity contribution in [3.63, 3.8) is 0 Å². The van der Waals surface area contributed by atoms with E-state index in [1.807, 2.05) is 23.0 Å². The largest absolute Gasteiger partial charge is 0.394 e. The summed E-state index contributed by atoms with van der Waals surface area (Å²) >= 11 is 6.47. The second-order valence-electron chi connectivity index (χ2n) is 7.44. The summed E-state index contributed by atoms with van der Waals surface area (Å²) < 4.78 is 7.93. The van der Waals surface area contributed by atoms with Gasteiger partial charge in [-0.15, -0.1) is 0 Å². The molecule has 2 N–H and O–H groups in total. The lowest BCUT2D eigenvalue weighted by Gasteiger charge is -2.32. The van der Waals surface area contributed by atoms with Gasteiger partial charge in [0.2, 0.25) is 0 Å². The fourth-order valence-corrected chi connectivity index (χ4v) is 4.16. The average molecular weight is 401 g/mol. The number of aliphatic hydroxyl groups excluding tert-OH is 2. The first-order valence-electron chi connectivity index (χ1n) is 9.74. The fourth-order valence-electron chi connectivity index (χ4n) is 3.97. The van der Waals surface area contributed by atoms with E-state index in [1.165, 1.54) is 5.56 Å². The first kappa shape index (κ1) is 19.4. The van der Waals surface area contributed by atoms with Crippen LogP contribution >= 0.6 is 11.6 Å². The Balaban J connectivity index is 1.59. The number of hydrogen-bond donors (Lipinski definition) is 2. The van der Waals surface area contributed by atoms with Gasteiger partial charge in [0.05, 0.1) is 36.6 Å². The molecule has 2 aromatic carbocycles. The molecule has 2 heterocycles. The molecule has 148 valence electrons. The molecule has 1 fully saturated rings. The molecule has 1 aliphatic heterocycles. The van der Waals surface area contributed by atoms with Crippen LogP contribution < -0.4 is 0 Å². The predicted molar refractivity (Wildman–Crippen MR) is 110 cm³/mol. The second-order valence-corrected chi connectivity index (χ2v) is 7.84. The first-order valence-corrected chi connectivity index (χ1v) is 10.1. The van der Waals surface area contributed by atoms with Gasteiger partial charge < -0.3 is 14.9 Å². The van der Waals surface area contributed by atoms with Gasteiger partial charge in [0.1, 0.15) is 0 Å². The number of benzene rings is 2. The van der Waals surface area contributed by atoms with E-state index < -0.39 is 6.10 Å². The van der Waals surface area contributed by atoms with Gasteiger partial charge in [0, 0.05) is 29.8 Å². The monoisotopic (exact) mass is 400 g/mol. The SMILES string of the molecule is CCn1ncc2cc(Cc3cc(C4CC(O)CC(CO)O4)ccc3Cl)ccc21. The molecule has 1 aliphatic rings. The zero-order valence-electron chi connectivity index (χ0n) is 15.9. The predicted octanol–water partition coefficient (Wildman–Crippen LogP) is 3.87. The topological polar surface area (TPSA) is 67.5 Å². The van der Waals surface area contributed by atoms with Crippen LogP contribution in [-0.4, -0.2) is 38.8 Å². The van der Waals surface area contributed by atoms with Crippen molar-refractivity contribution in [1.82, 2.24) is 9.78 Å². The molecule has 3 aromatic rings. The van der Waals surface area contributed by atoms with Crippen molar-refractivity contribution < 1.29 is 14.9 Å². The third-order valence-corrected chi connectivity index (χ3v) is 5.79. The van der Waals surface area contributed by atoms with Crippen molar-refractivity contribution in [2.75, 3.05) is 6.61 Å². The van der Waals surface area contributed by atoms with Crippen LogP contribution in [0.15, 0.2) is 42.6 Å². The van der Waals surface area contributed by atoms with Gasteiger partial charge in [0.25, 0.3) is 0 Å². The molecule has 1 saturated heterocycles. The van der Waals surface area contributed by atoms with Gasteiger partial charge in [-0.2, -0.15) is 5.10 Å². The van der Waals surface area contributed by atoms with Crippen LogP contribution in [0.1, 0.15) is 42.6 Å². The number of aliphatic hydroxyl groups is 2. The molecule has 3 atom stereocenters. The summed E-state index contributed by atoms with van der Waals surface area (Å²) in [5.41, 5.74) is 4.30. The third-order valence-electron chi connectivity index (χ3n) is 5.42. The highest BCUT2D eigenvalue weighted by Crippen LogP contribution is 2.34. The Kier molecular flexibility index (Phi) is 5.69. The van der Waals surface area contributed by atoms with Crippen LogP contribution in [-0.2, 0) is 17.7 Å². The second kappa shape index (κ2) is 8.21. The van der Waals surface area contributed by atoms with Crippen molar-refractivity contribution in [1.29, 1.82) is 0 Å². The Morgan fingerprint density at radius 3 is 2.86 bits per heavy atom. The average Bonchev–Trinajstić information content (AvgIpc) is 3.11. The minimum Gasteiger partial charge on any atom is -0.394 e. The Labute approximate surface area is 169 Å². The van der Waals surface area contributed by atoms with E-state index in [0.717, 1.165) is 28.6 Å². The lowest BCUT2D eigenvalue weighted by atomic mass is 9.94. The Morgan fingerprint density at radius 1 is 1.21 bits per heavy atom. The number of aryl methyl sites for hydroxylation is 1. The zero-order valence-corrected chi connectivity index (χ0v) is 16.6. The number of ether oxygens (including phenoxy) is 1. The van der Waals surface area contributed by atoms with Gasteiger partial charge >= 0.3 is 0 Å². The summed E-state index contributed by atoms with van der Waals surface area (Å²) in [6.45, 7) is 2.84. The van der Waals surface area contributed by atoms with Crippen molar-refractivity contribution >= 4 is 22.5 Å². The Bertz CT molecular complexity index is 972. The molecular weight excluding hydrogens is 376 g/mol. The lowest BCUT2D eigenvalue weighted by Crippen LogP contribution is -2.33. The number of hydrogen-bond acceptors (Lipinski definition) is 4.